The second-order valence-corrected chi connectivity index (χ2v) is 3.48. The normalized spacial score (nSPS) is 11.1. The average molecular weight is 249 g/mol. The van der Waals surface area contributed by atoms with E-state index in [1.54, 1.807) is 0 Å². The molecule has 0 saturated carbocycles. The molecule has 9 heteroatoms. The second-order valence-electron chi connectivity index (χ2n) is 3.48. The molecule has 0 aliphatic rings. The zero-order valence-corrected chi connectivity index (χ0v) is 8.91. The molecule has 0 saturated heterocycles. The van der Waals surface area contributed by atoms with Crippen molar-refractivity contribution >= 4 is 17.2 Å². The highest BCUT2D eigenvalue weighted by Crippen LogP contribution is 2.08. The minimum atomic E-state index is -0.730. The summed E-state index contributed by atoms with van der Waals surface area (Å²) in [4.78, 5) is 33.1. The van der Waals surface area contributed by atoms with E-state index in [1.165, 1.54) is 12.5 Å². The van der Waals surface area contributed by atoms with Gasteiger partial charge in [-0.15, -0.1) is 0 Å². The SMILES string of the molecule is Nc1nc2c(oc(=O)n2Cc2ncco2)c(=O)[nH]1. The highest BCUT2D eigenvalue weighted by atomic mass is 16.4. The smallest absolute Gasteiger partial charge is 0.421 e. The summed E-state index contributed by atoms with van der Waals surface area (Å²) >= 11 is 0. The van der Waals surface area contributed by atoms with Crippen molar-refractivity contribution in [2.75, 3.05) is 5.73 Å². The Kier molecular flexibility index (Phi) is 2.06. The van der Waals surface area contributed by atoms with Gasteiger partial charge in [0.2, 0.25) is 17.4 Å². The Hall–Kier alpha value is -2.84. The number of nitrogens with two attached hydrogens (primary N) is 1. The van der Waals surface area contributed by atoms with Crippen LogP contribution in [0.25, 0.3) is 11.2 Å². The van der Waals surface area contributed by atoms with E-state index in [-0.39, 0.29) is 23.7 Å². The summed E-state index contributed by atoms with van der Waals surface area (Å²) in [6.45, 7) is 0.00866. The van der Waals surface area contributed by atoms with Crippen LogP contribution >= 0.6 is 0 Å². The molecule has 9 nitrogen and oxygen atoms in total. The molecule has 0 unspecified atom stereocenters. The third kappa shape index (κ3) is 1.49. The summed E-state index contributed by atoms with van der Waals surface area (Å²) in [7, 11) is 0. The molecule has 92 valence electrons. The van der Waals surface area contributed by atoms with E-state index in [0.717, 1.165) is 4.57 Å². The largest absolute Gasteiger partial charge is 0.447 e. The van der Waals surface area contributed by atoms with E-state index in [0.29, 0.717) is 5.89 Å². The van der Waals surface area contributed by atoms with Crippen LogP contribution in [0, 0.1) is 0 Å². The number of anilines is 1. The molecular formula is C9H7N5O4. The van der Waals surface area contributed by atoms with Gasteiger partial charge in [0, 0.05) is 0 Å². The zero-order valence-electron chi connectivity index (χ0n) is 8.91. The number of oxazole rings is 2. The van der Waals surface area contributed by atoms with Crippen molar-refractivity contribution in [2.45, 2.75) is 6.54 Å². The lowest BCUT2D eigenvalue weighted by Gasteiger charge is -1.97. The van der Waals surface area contributed by atoms with E-state index in [1.807, 2.05) is 0 Å². The van der Waals surface area contributed by atoms with Gasteiger partial charge in [-0.1, -0.05) is 0 Å². The Bertz CT molecular complexity index is 810. The lowest BCUT2D eigenvalue weighted by molar-refractivity contribution is 0.454. The summed E-state index contributed by atoms with van der Waals surface area (Å²) < 4.78 is 10.9. The van der Waals surface area contributed by atoms with Crippen LogP contribution in [0.1, 0.15) is 5.89 Å². The monoisotopic (exact) mass is 249 g/mol. The van der Waals surface area contributed by atoms with E-state index in [4.69, 9.17) is 14.6 Å². The third-order valence-corrected chi connectivity index (χ3v) is 2.32. The molecule has 0 aliphatic carbocycles. The van der Waals surface area contributed by atoms with Gasteiger partial charge in [0.05, 0.1) is 6.20 Å². The number of aromatic nitrogens is 4. The van der Waals surface area contributed by atoms with Crippen molar-refractivity contribution in [3.05, 3.63) is 39.3 Å². The maximum absolute atomic E-state index is 11.6. The van der Waals surface area contributed by atoms with E-state index in [9.17, 15) is 9.59 Å². The summed E-state index contributed by atoms with van der Waals surface area (Å²) in [5.74, 6) is -0.540. The minimum absolute atomic E-state index is 0.00866. The standard InChI is InChI=1S/C9H7N5O4/c10-8-12-6-5(7(15)13-8)18-9(16)14(6)3-4-11-1-2-17-4/h1-2H,3H2,(H3,10,12,13,15). The number of aromatic amines is 1. The van der Waals surface area contributed by atoms with Gasteiger partial charge in [-0.25, -0.2) is 14.3 Å². The molecule has 0 fully saturated rings. The van der Waals surface area contributed by atoms with Gasteiger partial charge in [0.25, 0.3) is 5.56 Å². The molecule has 18 heavy (non-hydrogen) atoms. The molecule has 0 radical (unpaired) electrons. The van der Waals surface area contributed by atoms with Crippen LogP contribution in [0.5, 0.6) is 0 Å². The first-order valence-corrected chi connectivity index (χ1v) is 4.92. The number of H-pyrrole nitrogens is 1. The molecule has 0 spiro atoms. The number of hydrogen-bond donors (Lipinski definition) is 2. The van der Waals surface area contributed by atoms with Crippen molar-refractivity contribution < 1.29 is 8.83 Å². The Morgan fingerprint density at radius 2 is 2.28 bits per heavy atom. The molecule has 0 amide bonds. The van der Waals surface area contributed by atoms with Crippen LogP contribution in [0.3, 0.4) is 0 Å². The van der Waals surface area contributed by atoms with Crippen LogP contribution < -0.4 is 17.0 Å². The van der Waals surface area contributed by atoms with Crippen molar-refractivity contribution in [2.24, 2.45) is 0 Å². The molecule has 0 bridgehead atoms. The van der Waals surface area contributed by atoms with Crippen molar-refractivity contribution in [3.8, 4) is 0 Å². The minimum Gasteiger partial charge on any atom is -0.447 e. The molecule has 3 rings (SSSR count). The topological polar surface area (TPSA) is 133 Å². The summed E-state index contributed by atoms with van der Waals surface area (Å²) in [6, 6.07) is 0. The van der Waals surface area contributed by atoms with Crippen LogP contribution in [-0.4, -0.2) is 19.5 Å². The Morgan fingerprint density at radius 3 is 3.00 bits per heavy atom. The fraction of sp³-hybridized carbons (Fsp3) is 0.111. The molecule has 0 aromatic carbocycles. The molecule has 0 atom stereocenters. The molecule has 0 aliphatic heterocycles. The third-order valence-electron chi connectivity index (χ3n) is 2.32. The quantitative estimate of drug-likeness (QED) is 0.613. The lowest BCUT2D eigenvalue weighted by Crippen LogP contribution is -2.16. The van der Waals surface area contributed by atoms with E-state index < -0.39 is 11.3 Å². The van der Waals surface area contributed by atoms with Crippen LogP contribution in [0.4, 0.5) is 5.95 Å². The highest BCUT2D eigenvalue weighted by Gasteiger charge is 2.16. The lowest BCUT2D eigenvalue weighted by atomic mass is 10.5. The summed E-state index contributed by atoms with van der Waals surface area (Å²) in [5, 5.41) is 0. The first-order valence-electron chi connectivity index (χ1n) is 4.92. The molecular weight excluding hydrogens is 242 g/mol. The average Bonchev–Trinajstić information content (AvgIpc) is 2.91. The number of nitrogens with one attached hydrogen (secondary N) is 1. The highest BCUT2D eigenvalue weighted by molar-refractivity contribution is 5.67. The van der Waals surface area contributed by atoms with E-state index >= 15 is 0 Å². The molecule has 3 aromatic heterocycles. The van der Waals surface area contributed by atoms with Crippen molar-refractivity contribution in [1.82, 2.24) is 19.5 Å². The number of rotatable bonds is 2. The van der Waals surface area contributed by atoms with Gasteiger partial charge in [-0.2, -0.15) is 4.98 Å². The number of hydrogen-bond acceptors (Lipinski definition) is 7. The van der Waals surface area contributed by atoms with Gasteiger partial charge in [-0.3, -0.25) is 9.78 Å². The fourth-order valence-corrected chi connectivity index (χ4v) is 1.58. The fourth-order valence-electron chi connectivity index (χ4n) is 1.58. The van der Waals surface area contributed by atoms with Crippen LogP contribution in [0.15, 0.2) is 30.9 Å². The summed E-state index contributed by atoms with van der Waals surface area (Å²) in [6.07, 6.45) is 2.81. The summed E-state index contributed by atoms with van der Waals surface area (Å²) in [5.41, 5.74) is 4.68. The van der Waals surface area contributed by atoms with Gasteiger partial charge >= 0.3 is 5.76 Å². The van der Waals surface area contributed by atoms with Gasteiger partial charge in [-0.05, 0) is 0 Å². The second kappa shape index (κ2) is 3.58. The van der Waals surface area contributed by atoms with E-state index in [2.05, 4.69) is 15.0 Å². The van der Waals surface area contributed by atoms with Crippen LogP contribution in [-0.2, 0) is 6.54 Å². The predicted molar refractivity (Wildman–Crippen MR) is 58.9 cm³/mol. The predicted octanol–water partition coefficient (Wildman–Crippen LogP) is -0.704. The van der Waals surface area contributed by atoms with Crippen LogP contribution in [0.2, 0.25) is 0 Å². The number of nitrogen functional groups attached to an aromatic ring is 1. The van der Waals surface area contributed by atoms with Gasteiger partial charge in [0.15, 0.2) is 5.65 Å². The number of nitrogens with zero attached hydrogens (tertiary/aromatic N) is 3. The maximum Gasteiger partial charge on any atom is 0.421 e. The molecule has 3 heterocycles. The maximum atomic E-state index is 11.6. The first kappa shape index (κ1) is 10.3. The number of fused-ring (bicyclic) bond motifs is 1. The Balaban J connectivity index is 2.25. The first-order chi connectivity index (χ1) is 8.65. The molecule has 3 N–H and O–H groups in total. The van der Waals surface area contributed by atoms with Gasteiger partial charge in [0.1, 0.15) is 12.8 Å². The van der Waals surface area contributed by atoms with Gasteiger partial charge < -0.3 is 14.6 Å². The molecule has 3 aromatic rings. The van der Waals surface area contributed by atoms with Crippen molar-refractivity contribution in [3.63, 3.8) is 0 Å². The van der Waals surface area contributed by atoms with Crippen molar-refractivity contribution in [1.29, 1.82) is 0 Å². The Labute approximate surface area is 97.9 Å². The Morgan fingerprint density at radius 1 is 1.44 bits per heavy atom. The zero-order chi connectivity index (χ0) is 12.7.